The highest BCUT2D eigenvalue weighted by Crippen LogP contribution is 2.26. The average Bonchev–Trinajstić information content (AvgIpc) is 2.81. The number of fused-ring (bicyclic) bond motifs is 1. The molecular weight excluding hydrogens is 456 g/mol. The third kappa shape index (κ3) is 5.35. The van der Waals surface area contributed by atoms with Crippen LogP contribution in [0.5, 0.6) is 0 Å². The van der Waals surface area contributed by atoms with Gasteiger partial charge in [-0.2, -0.15) is 0 Å². The minimum Gasteiger partial charge on any atom is -0.350 e. The second-order valence-electron chi connectivity index (χ2n) is 7.76. The van der Waals surface area contributed by atoms with Crippen LogP contribution in [0.2, 0.25) is 5.02 Å². The van der Waals surface area contributed by atoms with Crippen LogP contribution in [0, 0.1) is 6.92 Å². The highest BCUT2D eigenvalue weighted by molar-refractivity contribution is 7.92. The largest absolute Gasteiger partial charge is 0.350 e. The van der Waals surface area contributed by atoms with Crippen molar-refractivity contribution < 1.29 is 13.2 Å². The molecule has 0 aliphatic rings. The van der Waals surface area contributed by atoms with Crippen molar-refractivity contribution in [3.63, 3.8) is 0 Å². The monoisotopic (exact) mass is 478 g/mol. The number of rotatable bonds is 7. The highest BCUT2D eigenvalue weighted by atomic mass is 35.5. The van der Waals surface area contributed by atoms with E-state index in [1.807, 2.05) is 49.4 Å². The van der Waals surface area contributed by atoms with Crippen molar-refractivity contribution >= 4 is 44.0 Å². The summed E-state index contributed by atoms with van der Waals surface area (Å²) in [5.74, 6) is -0.418. The molecule has 0 aliphatic carbocycles. The number of sulfonamides is 1. The quantitative estimate of drug-likeness (QED) is 0.391. The van der Waals surface area contributed by atoms with Crippen molar-refractivity contribution in [3.8, 4) is 0 Å². The van der Waals surface area contributed by atoms with Gasteiger partial charge in [-0.1, -0.05) is 71.8 Å². The highest BCUT2D eigenvalue weighted by Gasteiger charge is 2.27. The number of carbonyl (C=O) groups is 1. The molecule has 33 heavy (non-hydrogen) atoms. The Kier molecular flexibility index (Phi) is 6.67. The topological polar surface area (TPSA) is 66.5 Å². The molecule has 7 heteroatoms. The first kappa shape index (κ1) is 22.8. The number of hydrogen-bond donors (Lipinski definition) is 1. The fourth-order valence-electron chi connectivity index (χ4n) is 3.52. The van der Waals surface area contributed by atoms with Gasteiger partial charge in [-0.25, -0.2) is 8.42 Å². The summed E-state index contributed by atoms with van der Waals surface area (Å²) in [5.41, 5.74) is 2.19. The molecule has 0 bridgehead atoms. The molecule has 0 spiro atoms. The van der Waals surface area contributed by atoms with Crippen molar-refractivity contribution in [2.75, 3.05) is 10.8 Å². The SMILES string of the molecule is Cc1ccc(S(=O)(=O)N(CC(=O)NCc2ccc3ccccc3c2)c2cccc(Cl)c2)cc1. The van der Waals surface area contributed by atoms with E-state index < -0.39 is 15.9 Å². The molecule has 5 nitrogen and oxygen atoms in total. The Hall–Kier alpha value is -3.35. The summed E-state index contributed by atoms with van der Waals surface area (Å²) < 4.78 is 27.9. The Morgan fingerprint density at radius 3 is 2.33 bits per heavy atom. The third-order valence-electron chi connectivity index (χ3n) is 5.30. The zero-order chi connectivity index (χ0) is 23.4. The molecule has 1 amide bonds. The molecule has 0 saturated carbocycles. The molecule has 4 aromatic carbocycles. The van der Waals surface area contributed by atoms with E-state index >= 15 is 0 Å². The zero-order valence-electron chi connectivity index (χ0n) is 18.0. The van der Waals surface area contributed by atoms with Crippen LogP contribution >= 0.6 is 11.6 Å². The van der Waals surface area contributed by atoms with Crippen molar-refractivity contribution in [1.82, 2.24) is 5.32 Å². The van der Waals surface area contributed by atoms with E-state index in [0.29, 0.717) is 10.7 Å². The van der Waals surface area contributed by atoms with Gasteiger partial charge in [0, 0.05) is 11.6 Å². The summed E-state index contributed by atoms with van der Waals surface area (Å²) in [5, 5.41) is 5.41. The maximum Gasteiger partial charge on any atom is 0.264 e. The van der Waals surface area contributed by atoms with Crippen molar-refractivity contribution in [2.24, 2.45) is 0 Å². The molecule has 0 heterocycles. The standard InChI is InChI=1S/C26H23ClN2O3S/c1-19-9-13-25(14-10-19)33(31,32)29(24-8-4-7-23(27)16-24)18-26(30)28-17-20-11-12-21-5-2-3-6-22(21)15-20/h2-16H,17-18H2,1H3,(H,28,30). The smallest absolute Gasteiger partial charge is 0.264 e. The molecule has 0 atom stereocenters. The lowest BCUT2D eigenvalue weighted by molar-refractivity contribution is -0.119. The molecule has 1 N–H and O–H groups in total. The summed E-state index contributed by atoms with van der Waals surface area (Å²) in [4.78, 5) is 12.9. The fraction of sp³-hybridized carbons (Fsp3) is 0.115. The van der Waals surface area contributed by atoms with Crippen LogP contribution in [0.1, 0.15) is 11.1 Å². The Labute approximate surface area is 198 Å². The van der Waals surface area contributed by atoms with Crippen LogP contribution in [0.4, 0.5) is 5.69 Å². The Morgan fingerprint density at radius 1 is 0.879 bits per heavy atom. The van der Waals surface area contributed by atoms with E-state index in [-0.39, 0.29) is 18.0 Å². The predicted molar refractivity (Wildman–Crippen MR) is 133 cm³/mol. The van der Waals surface area contributed by atoms with E-state index in [4.69, 9.17) is 11.6 Å². The van der Waals surface area contributed by atoms with Crippen molar-refractivity contribution in [3.05, 3.63) is 107 Å². The number of carbonyl (C=O) groups excluding carboxylic acids is 1. The average molecular weight is 479 g/mol. The van der Waals surface area contributed by atoms with E-state index in [2.05, 4.69) is 5.32 Å². The normalized spacial score (nSPS) is 11.3. The third-order valence-corrected chi connectivity index (χ3v) is 7.32. The molecule has 4 aromatic rings. The number of hydrogen-bond acceptors (Lipinski definition) is 3. The van der Waals surface area contributed by atoms with Gasteiger partial charge in [-0.05, 0) is 59.7 Å². The van der Waals surface area contributed by atoms with Crippen LogP contribution in [0.3, 0.4) is 0 Å². The first-order chi connectivity index (χ1) is 15.8. The molecular formula is C26H23ClN2O3S. The number of nitrogens with zero attached hydrogens (tertiary/aromatic N) is 1. The number of amides is 1. The van der Waals surface area contributed by atoms with Crippen LogP contribution in [-0.2, 0) is 21.4 Å². The zero-order valence-corrected chi connectivity index (χ0v) is 19.6. The minimum atomic E-state index is -3.98. The van der Waals surface area contributed by atoms with Crippen LogP contribution in [0.25, 0.3) is 10.8 Å². The lowest BCUT2D eigenvalue weighted by atomic mass is 10.1. The van der Waals surface area contributed by atoms with E-state index in [0.717, 1.165) is 26.2 Å². The minimum absolute atomic E-state index is 0.107. The lowest BCUT2D eigenvalue weighted by Gasteiger charge is -2.24. The number of halogens is 1. The van der Waals surface area contributed by atoms with Crippen molar-refractivity contribution in [2.45, 2.75) is 18.4 Å². The van der Waals surface area contributed by atoms with Gasteiger partial charge in [0.25, 0.3) is 10.0 Å². The number of aryl methyl sites for hydroxylation is 1. The Bertz CT molecular complexity index is 1400. The number of nitrogens with one attached hydrogen (secondary N) is 1. The maximum atomic E-state index is 13.4. The second kappa shape index (κ2) is 9.65. The molecule has 0 aromatic heterocycles. The predicted octanol–water partition coefficient (Wildman–Crippen LogP) is 5.31. The van der Waals surface area contributed by atoms with Gasteiger partial charge in [0.05, 0.1) is 10.6 Å². The van der Waals surface area contributed by atoms with Gasteiger partial charge in [0.2, 0.25) is 5.91 Å². The molecule has 168 valence electrons. The number of anilines is 1. The molecule has 4 rings (SSSR count). The maximum absolute atomic E-state index is 13.4. The Balaban J connectivity index is 1.56. The second-order valence-corrected chi connectivity index (χ2v) is 10.1. The van der Waals surface area contributed by atoms with E-state index in [9.17, 15) is 13.2 Å². The molecule has 0 saturated heterocycles. The number of benzene rings is 4. The van der Waals surface area contributed by atoms with Gasteiger partial charge >= 0.3 is 0 Å². The summed E-state index contributed by atoms with van der Waals surface area (Å²) in [6.07, 6.45) is 0. The first-order valence-electron chi connectivity index (χ1n) is 10.4. The van der Waals surface area contributed by atoms with Crippen LogP contribution in [0.15, 0.2) is 95.9 Å². The molecule has 0 fully saturated rings. The van der Waals surface area contributed by atoms with Crippen molar-refractivity contribution in [1.29, 1.82) is 0 Å². The molecule has 0 unspecified atom stereocenters. The van der Waals surface area contributed by atoms with Crippen LogP contribution in [-0.4, -0.2) is 20.9 Å². The lowest BCUT2D eigenvalue weighted by Crippen LogP contribution is -2.40. The Morgan fingerprint density at radius 2 is 1.61 bits per heavy atom. The van der Waals surface area contributed by atoms with E-state index in [1.165, 1.54) is 18.2 Å². The molecule has 0 radical (unpaired) electrons. The van der Waals surface area contributed by atoms with Crippen LogP contribution < -0.4 is 9.62 Å². The summed E-state index contributed by atoms with van der Waals surface area (Å²) in [6, 6.07) is 26.9. The first-order valence-corrected chi connectivity index (χ1v) is 12.2. The van der Waals surface area contributed by atoms with Gasteiger partial charge in [-0.3, -0.25) is 9.10 Å². The van der Waals surface area contributed by atoms with Gasteiger partial charge < -0.3 is 5.32 Å². The molecule has 0 aliphatic heterocycles. The fourth-order valence-corrected chi connectivity index (χ4v) is 5.12. The summed E-state index contributed by atoms with van der Waals surface area (Å²) >= 11 is 6.11. The summed E-state index contributed by atoms with van der Waals surface area (Å²) in [6.45, 7) is 1.80. The van der Waals surface area contributed by atoms with Gasteiger partial charge in [-0.15, -0.1) is 0 Å². The summed E-state index contributed by atoms with van der Waals surface area (Å²) in [7, 11) is -3.98. The van der Waals surface area contributed by atoms with Gasteiger partial charge in [0.15, 0.2) is 0 Å². The van der Waals surface area contributed by atoms with Gasteiger partial charge in [0.1, 0.15) is 6.54 Å². The van der Waals surface area contributed by atoms with E-state index in [1.54, 1.807) is 30.3 Å².